The maximum Gasteiger partial charge on any atom is 0.332 e. The fraction of sp³-hybridized carbons (Fsp3) is 0.500. The molecule has 4 rings (SSSR count). The monoisotopic (exact) mass is 469 g/mol. The smallest absolute Gasteiger partial charge is 0.332 e. The van der Waals surface area contributed by atoms with E-state index in [1.54, 1.807) is 0 Å². The summed E-state index contributed by atoms with van der Waals surface area (Å²) < 4.78 is 16.2. The number of aromatic nitrogens is 2. The van der Waals surface area contributed by atoms with Crippen molar-refractivity contribution in [3.8, 4) is 6.07 Å². The van der Waals surface area contributed by atoms with Gasteiger partial charge < -0.3 is 15.3 Å². The van der Waals surface area contributed by atoms with Gasteiger partial charge in [0.2, 0.25) is 5.91 Å². The molecule has 1 aliphatic heterocycles. The predicted octanol–water partition coefficient (Wildman–Crippen LogP) is 0.852. The third kappa shape index (κ3) is 4.75. The molecule has 3 atom stereocenters. The van der Waals surface area contributed by atoms with Gasteiger partial charge in [0.25, 0.3) is 5.56 Å². The Morgan fingerprint density at radius 1 is 1.24 bits per heavy atom. The second-order valence-corrected chi connectivity index (χ2v) is 9.08. The van der Waals surface area contributed by atoms with Gasteiger partial charge in [-0.15, -0.1) is 0 Å². The van der Waals surface area contributed by atoms with Crippen LogP contribution in [0.5, 0.6) is 0 Å². The van der Waals surface area contributed by atoms with Gasteiger partial charge in [-0.25, -0.2) is 9.18 Å². The van der Waals surface area contributed by atoms with E-state index in [0.717, 1.165) is 23.8 Å². The number of rotatable bonds is 5. The number of carbonyl (C=O) groups is 1. The summed E-state index contributed by atoms with van der Waals surface area (Å²) in [6, 6.07) is 6.93. The topological polar surface area (TPSA) is 120 Å². The van der Waals surface area contributed by atoms with E-state index >= 15 is 0 Å². The fourth-order valence-electron chi connectivity index (χ4n) is 4.90. The van der Waals surface area contributed by atoms with Crippen molar-refractivity contribution in [3.05, 3.63) is 62.0 Å². The molecule has 1 saturated heterocycles. The summed E-state index contributed by atoms with van der Waals surface area (Å²) in [6.07, 6.45) is 2.95. The van der Waals surface area contributed by atoms with Crippen LogP contribution in [0.25, 0.3) is 0 Å². The minimum absolute atomic E-state index is 0.0786. The second-order valence-electron chi connectivity index (χ2n) is 9.08. The molecule has 2 N–H and O–H groups in total. The van der Waals surface area contributed by atoms with Crippen LogP contribution < -0.4 is 21.5 Å². The second kappa shape index (κ2) is 9.81. The van der Waals surface area contributed by atoms with Crippen molar-refractivity contribution >= 4 is 11.7 Å². The Labute approximate surface area is 196 Å². The van der Waals surface area contributed by atoms with Gasteiger partial charge in [0.15, 0.2) is 0 Å². The fourth-order valence-corrected chi connectivity index (χ4v) is 4.90. The van der Waals surface area contributed by atoms with Crippen LogP contribution in [0.15, 0.2) is 33.9 Å². The molecule has 2 aliphatic rings. The number of aliphatic hydroxyl groups excluding tert-OH is 1. The minimum atomic E-state index is -0.623. The molecular formula is C24H28FN5O4. The van der Waals surface area contributed by atoms with Crippen LogP contribution in [0.2, 0.25) is 0 Å². The summed E-state index contributed by atoms with van der Waals surface area (Å²) >= 11 is 0. The number of aliphatic hydroxyl groups is 1. The maximum absolute atomic E-state index is 13.9. The average molecular weight is 470 g/mol. The summed E-state index contributed by atoms with van der Waals surface area (Å²) in [5, 5.41) is 22.5. The lowest BCUT2D eigenvalue weighted by Gasteiger charge is -2.36. The number of carbonyl (C=O) groups excluding carboxylic acids is 1. The average Bonchev–Trinajstić information content (AvgIpc) is 3.25. The minimum Gasteiger partial charge on any atom is -0.392 e. The van der Waals surface area contributed by atoms with Gasteiger partial charge in [-0.3, -0.25) is 18.7 Å². The normalized spacial score (nSPS) is 22.4. The van der Waals surface area contributed by atoms with E-state index in [9.17, 15) is 29.1 Å². The zero-order valence-corrected chi connectivity index (χ0v) is 19.0. The van der Waals surface area contributed by atoms with Crippen LogP contribution in [-0.4, -0.2) is 45.4 Å². The van der Waals surface area contributed by atoms with Crippen LogP contribution >= 0.6 is 0 Å². The first-order valence-corrected chi connectivity index (χ1v) is 11.5. The maximum atomic E-state index is 13.9. The van der Waals surface area contributed by atoms with E-state index in [1.807, 2.05) is 11.0 Å². The van der Waals surface area contributed by atoms with Crippen molar-refractivity contribution in [3.63, 3.8) is 0 Å². The summed E-state index contributed by atoms with van der Waals surface area (Å²) in [5.74, 6) is -0.740. The van der Waals surface area contributed by atoms with E-state index in [2.05, 4.69) is 5.32 Å². The molecule has 2 fully saturated rings. The number of nitrogens with zero attached hydrogens (tertiary/aromatic N) is 4. The molecule has 0 spiro atoms. The molecule has 34 heavy (non-hydrogen) atoms. The molecule has 2 heterocycles. The van der Waals surface area contributed by atoms with Crippen molar-refractivity contribution in [2.45, 2.75) is 50.8 Å². The Morgan fingerprint density at radius 3 is 2.74 bits per heavy atom. The highest BCUT2D eigenvalue weighted by molar-refractivity contribution is 5.80. The predicted molar refractivity (Wildman–Crippen MR) is 123 cm³/mol. The Kier molecular flexibility index (Phi) is 6.84. The van der Waals surface area contributed by atoms with Gasteiger partial charge in [0.1, 0.15) is 11.6 Å². The number of hydrogen-bond acceptors (Lipinski definition) is 6. The van der Waals surface area contributed by atoms with E-state index in [1.165, 1.54) is 35.9 Å². The molecule has 0 bridgehead atoms. The van der Waals surface area contributed by atoms with Gasteiger partial charge in [-0.2, -0.15) is 5.26 Å². The summed E-state index contributed by atoms with van der Waals surface area (Å²) in [7, 11) is 1.37. The number of piperidine rings is 1. The molecular weight excluding hydrogens is 441 g/mol. The van der Waals surface area contributed by atoms with Crippen LogP contribution in [0, 0.1) is 23.1 Å². The molecule has 2 unspecified atom stereocenters. The Bertz CT molecular complexity index is 1250. The molecule has 9 nitrogen and oxygen atoms in total. The number of benzene rings is 1. The molecule has 1 aliphatic carbocycles. The first-order valence-electron chi connectivity index (χ1n) is 11.5. The number of hydrogen-bond donors (Lipinski definition) is 2. The first kappa shape index (κ1) is 23.7. The van der Waals surface area contributed by atoms with Crippen LogP contribution in [0.4, 0.5) is 10.2 Å². The van der Waals surface area contributed by atoms with Crippen LogP contribution in [-0.2, 0) is 18.4 Å². The lowest BCUT2D eigenvalue weighted by atomic mass is 10.0. The van der Waals surface area contributed by atoms with Gasteiger partial charge in [-0.05, 0) is 55.9 Å². The highest BCUT2D eigenvalue weighted by Crippen LogP contribution is 2.26. The van der Waals surface area contributed by atoms with Crippen molar-refractivity contribution in [2.24, 2.45) is 13.0 Å². The largest absolute Gasteiger partial charge is 0.392 e. The molecule has 1 saturated carbocycles. The molecule has 0 radical (unpaired) electrons. The SMILES string of the molecule is Cn1c(=O)cc(N2CCC[C@@H](NC(=O)C3CCCC3O)C2)n(Cc2cc(F)ccc2C#N)c1=O. The van der Waals surface area contributed by atoms with Crippen LogP contribution in [0.3, 0.4) is 0 Å². The van der Waals surface area contributed by atoms with Gasteiger partial charge >= 0.3 is 5.69 Å². The zero-order chi connectivity index (χ0) is 24.4. The summed E-state index contributed by atoms with van der Waals surface area (Å²) in [6.45, 7) is 0.874. The van der Waals surface area contributed by atoms with Gasteiger partial charge in [-0.1, -0.05) is 0 Å². The molecule has 180 valence electrons. The lowest BCUT2D eigenvalue weighted by Crippen LogP contribution is -2.52. The summed E-state index contributed by atoms with van der Waals surface area (Å²) in [4.78, 5) is 40.0. The quantitative estimate of drug-likeness (QED) is 0.670. The molecule has 1 amide bonds. The molecule has 10 heteroatoms. The lowest BCUT2D eigenvalue weighted by molar-refractivity contribution is -0.128. The summed E-state index contributed by atoms with van der Waals surface area (Å²) in [5.41, 5.74) is -0.472. The van der Waals surface area contributed by atoms with E-state index in [0.29, 0.717) is 37.3 Å². The van der Waals surface area contributed by atoms with Crippen LogP contribution in [0.1, 0.15) is 43.2 Å². The molecule has 1 aromatic carbocycles. The number of nitrogens with one attached hydrogen (secondary N) is 1. The Hall–Kier alpha value is -3.45. The molecule has 1 aromatic heterocycles. The third-order valence-electron chi connectivity index (χ3n) is 6.80. The zero-order valence-electron chi connectivity index (χ0n) is 19.0. The Balaban J connectivity index is 1.63. The third-order valence-corrected chi connectivity index (χ3v) is 6.80. The van der Waals surface area contributed by atoms with Crippen molar-refractivity contribution in [1.82, 2.24) is 14.5 Å². The Morgan fingerprint density at radius 2 is 2.03 bits per heavy atom. The van der Waals surface area contributed by atoms with E-state index in [-0.39, 0.29) is 24.1 Å². The van der Waals surface area contributed by atoms with Gasteiger partial charge in [0, 0.05) is 32.2 Å². The highest BCUT2D eigenvalue weighted by Gasteiger charge is 2.33. The first-order chi connectivity index (χ1) is 16.3. The number of amides is 1. The van der Waals surface area contributed by atoms with Crippen molar-refractivity contribution in [1.29, 1.82) is 5.26 Å². The van der Waals surface area contributed by atoms with E-state index < -0.39 is 29.1 Å². The van der Waals surface area contributed by atoms with E-state index in [4.69, 9.17) is 0 Å². The van der Waals surface area contributed by atoms with Crippen molar-refractivity contribution in [2.75, 3.05) is 18.0 Å². The van der Waals surface area contributed by atoms with Crippen molar-refractivity contribution < 1.29 is 14.3 Å². The van der Waals surface area contributed by atoms with Gasteiger partial charge in [0.05, 0.1) is 30.2 Å². The highest BCUT2D eigenvalue weighted by atomic mass is 19.1. The standard InChI is InChI=1S/C24H28FN5O4/c1-28-22(32)11-21(30(24(28)34)13-16-10-17(25)8-7-15(16)12-26)29-9-3-4-18(14-29)27-23(33)19-5-2-6-20(19)31/h7-8,10-11,18-20,31H,2-6,9,13-14H2,1H3,(H,27,33)/t18-,19?,20?/m1/s1. The number of halogens is 1. The molecule has 2 aromatic rings. The number of anilines is 1. The number of nitriles is 1.